The van der Waals surface area contributed by atoms with Gasteiger partial charge in [0.05, 0.1) is 18.0 Å². The number of nitrogens with zero attached hydrogens (tertiary/aromatic N) is 2. The molecule has 2 aromatic heterocycles. The summed E-state index contributed by atoms with van der Waals surface area (Å²) in [4.78, 5) is 8.45. The zero-order valence-corrected chi connectivity index (χ0v) is 11.5. The number of fused-ring (bicyclic) bond motifs is 1. The van der Waals surface area contributed by atoms with Gasteiger partial charge in [0.15, 0.2) is 0 Å². The molecule has 0 aliphatic carbocycles. The van der Waals surface area contributed by atoms with Crippen molar-refractivity contribution < 1.29 is 4.39 Å². The van der Waals surface area contributed by atoms with Gasteiger partial charge >= 0.3 is 0 Å². The van der Waals surface area contributed by atoms with Gasteiger partial charge in [-0.05, 0) is 36.8 Å². The van der Waals surface area contributed by atoms with Crippen molar-refractivity contribution in [1.29, 1.82) is 0 Å². The highest BCUT2D eigenvalue weighted by Gasteiger charge is 2.13. The summed E-state index contributed by atoms with van der Waals surface area (Å²) in [6, 6.07) is 8.56. The number of hydrogen-bond donors (Lipinski definition) is 1. The summed E-state index contributed by atoms with van der Waals surface area (Å²) < 4.78 is 14.0. The van der Waals surface area contributed by atoms with E-state index in [4.69, 9.17) is 12.3 Å². The van der Waals surface area contributed by atoms with Gasteiger partial charge in [0.25, 0.3) is 5.00 Å². The van der Waals surface area contributed by atoms with Crippen LogP contribution >= 0.6 is 11.3 Å². The van der Waals surface area contributed by atoms with Crippen LogP contribution in [0.1, 0.15) is 5.56 Å². The Hall–Kier alpha value is -2.45. The molecule has 3 nitrogen and oxygen atoms in total. The minimum Gasteiger partial charge on any atom is -0.406 e. The molecule has 20 heavy (non-hydrogen) atoms. The van der Waals surface area contributed by atoms with Crippen molar-refractivity contribution in [3.8, 4) is 11.3 Å². The lowest BCUT2D eigenvalue weighted by molar-refractivity contribution is 0.629. The highest BCUT2D eigenvalue weighted by atomic mass is 32.1. The van der Waals surface area contributed by atoms with Gasteiger partial charge < -0.3 is 5.73 Å². The first-order chi connectivity index (χ1) is 9.60. The molecule has 0 spiro atoms. The third-order valence-electron chi connectivity index (χ3n) is 3.08. The molecule has 3 aromatic rings. The minimum absolute atomic E-state index is 0.299. The molecular formula is C15H10FN3S. The van der Waals surface area contributed by atoms with Gasteiger partial charge in [-0.25, -0.2) is 14.2 Å². The molecule has 0 saturated carbocycles. The lowest BCUT2D eigenvalue weighted by Crippen LogP contribution is -1.89. The fourth-order valence-corrected chi connectivity index (χ4v) is 2.93. The van der Waals surface area contributed by atoms with Gasteiger partial charge in [0.2, 0.25) is 0 Å². The predicted molar refractivity (Wildman–Crippen MR) is 80.4 cm³/mol. The first kappa shape index (κ1) is 12.6. The number of nitrogen functional groups attached to an aromatic ring is 1. The van der Waals surface area contributed by atoms with Crippen molar-refractivity contribution in [1.82, 2.24) is 4.98 Å². The van der Waals surface area contributed by atoms with E-state index in [0.29, 0.717) is 26.8 Å². The molecule has 0 atom stereocenters. The van der Waals surface area contributed by atoms with Crippen LogP contribution in [0.4, 0.5) is 15.1 Å². The monoisotopic (exact) mass is 283 g/mol. The van der Waals surface area contributed by atoms with Gasteiger partial charge in [-0.2, -0.15) is 0 Å². The van der Waals surface area contributed by atoms with Crippen molar-refractivity contribution in [2.75, 3.05) is 5.73 Å². The Morgan fingerprint density at radius 2 is 2.10 bits per heavy atom. The summed E-state index contributed by atoms with van der Waals surface area (Å²) in [6.45, 7) is 8.90. The standard InChI is InChI=1S/C15H10FN3S/c1-8-3-4-9(11(16)7-8)12-6-5-10-13(17)15(18-2)20-14(10)19-12/h3-7H,17H2,1H3. The van der Waals surface area contributed by atoms with E-state index in [1.807, 2.05) is 13.0 Å². The Morgan fingerprint density at radius 3 is 2.80 bits per heavy atom. The second-order valence-electron chi connectivity index (χ2n) is 4.47. The van der Waals surface area contributed by atoms with E-state index < -0.39 is 0 Å². The number of nitrogens with two attached hydrogens (primary N) is 1. The van der Waals surface area contributed by atoms with E-state index in [1.165, 1.54) is 17.4 Å². The van der Waals surface area contributed by atoms with E-state index in [-0.39, 0.29) is 5.82 Å². The first-order valence-electron chi connectivity index (χ1n) is 5.93. The molecule has 0 fully saturated rings. The summed E-state index contributed by atoms with van der Waals surface area (Å²) in [5.74, 6) is -0.299. The Kier molecular flexibility index (Phi) is 2.88. The van der Waals surface area contributed by atoms with Crippen molar-refractivity contribution in [3.63, 3.8) is 0 Å². The largest absolute Gasteiger partial charge is 0.406 e. The molecule has 5 heteroatoms. The summed E-state index contributed by atoms with van der Waals surface area (Å²) in [5, 5.41) is 1.17. The molecule has 0 radical (unpaired) electrons. The van der Waals surface area contributed by atoms with Gasteiger partial charge in [0.1, 0.15) is 10.6 Å². The third kappa shape index (κ3) is 1.91. The molecule has 98 valence electrons. The predicted octanol–water partition coefficient (Wildman–Crippen LogP) is 4.54. The van der Waals surface area contributed by atoms with Crippen LogP contribution in [0.3, 0.4) is 0 Å². The average molecular weight is 283 g/mol. The molecule has 2 heterocycles. The van der Waals surface area contributed by atoms with Crippen molar-refractivity contribution in [3.05, 3.63) is 53.1 Å². The van der Waals surface area contributed by atoms with E-state index in [2.05, 4.69) is 9.83 Å². The number of anilines is 1. The molecule has 0 bridgehead atoms. The van der Waals surface area contributed by atoms with Crippen LogP contribution in [0.5, 0.6) is 0 Å². The summed E-state index contributed by atoms with van der Waals surface area (Å²) >= 11 is 1.23. The van der Waals surface area contributed by atoms with Crippen molar-refractivity contribution in [2.24, 2.45) is 0 Å². The third-order valence-corrected chi connectivity index (χ3v) is 4.09. The topological polar surface area (TPSA) is 43.3 Å². The first-order valence-corrected chi connectivity index (χ1v) is 6.75. The van der Waals surface area contributed by atoms with Gasteiger partial charge in [-0.3, -0.25) is 0 Å². The van der Waals surface area contributed by atoms with Crippen molar-refractivity contribution in [2.45, 2.75) is 6.92 Å². The molecule has 0 aliphatic heterocycles. The van der Waals surface area contributed by atoms with Gasteiger partial charge in [-0.1, -0.05) is 6.07 Å². The number of hydrogen-bond acceptors (Lipinski definition) is 3. The maximum atomic E-state index is 14.0. The second-order valence-corrected chi connectivity index (χ2v) is 5.44. The number of aryl methyl sites for hydroxylation is 1. The lowest BCUT2D eigenvalue weighted by atomic mass is 10.1. The maximum absolute atomic E-state index is 14.0. The smallest absolute Gasteiger partial charge is 0.265 e. The molecular weight excluding hydrogens is 273 g/mol. The molecule has 3 rings (SSSR count). The maximum Gasteiger partial charge on any atom is 0.265 e. The van der Waals surface area contributed by atoms with E-state index >= 15 is 0 Å². The van der Waals surface area contributed by atoms with E-state index in [1.54, 1.807) is 18.2 Å². The molecule has 1 aromatic carbocycles. The Bertz CT molecular complexity index is 861. The zero-order chi connectivity index (χ0) is 14.3. The minimum atomic E-state index is -0.299. The summed E-state index contributed by atoms with van der Waals surface area (Å²) in [5.41, 5.74) is 8.18. The highest BCUT2D eigenvalue weighted by Crippen LogP contribution is 2.40. The summed E-state index contributed by atoms with van der Waals surface area (Å²) in [7, 11) is 0. The highest BCUT2D eigenvalue weighted by molar-refractivity contribution is 7.23. The second kappa shape index (κ2) is 4.58. The Balaban J connectivity index is 2.21. The molecule has 2 N–H and O–H groups in total. The van der Waals surface area contributed by atoms with E-state index in [9.17, 15) is 4.39 Å². The molecule has 0 saturated heterocycles. The normalized spacial score (nSPS) is 10.7. The zero-order valence-electron chi connectivity index (χ0n) is 10.6. The summed E-state index contributed by atoms with van der Waals surface area (Å²) in [6.07, 6.45) is 0. The molecule has 0 amide bonds. The van der Waals surface area contributed by atoms with Crippen molar-refractivity contribution >= 4 is 32.2 Å². The fourth-order valence-electron chi connectivity index (χ4n) is 2.05. The van der Waals surface area contributed by atoms with Gasteiger partial charge in [0, 0.05) is 10.9 Å². The fraction of sp³-hybridized carbons (Fsp3) is 0.0667. The molecule has 0 aliphatic rings. The number of thiophene rings is 1. The quantitative estimate of drug-likeness (QED) is 0.666. The number of halogens is 1. The average Bonchev–Trinajstić information content (AvgIpc) is 2.75. The number of benzene rings is 1. The number of rotatable bonds is 1. The Labute approximate surface area is 119 Å². The van der Waals surface area contributed by atoms with Crippen LogP contribution in [-0.2, 0) is 0 Å². The van der Waals surface area contributed by atoms with Crippen LogP contribution < -0.4 is 5.73 Å². The Morgan fingerprint density at radius 1 is 1.30 bits per heavy atom. The van der Waals surface area contributed by atoms with Crippen LogP contribution in [0, 0.1) is 19.3 Å². The SMILES string of the molecule is [C-]#[N+]c1sc2nc(-c3ccc(C)cc3F)ccc2c1N. The van der Waals surface area contributed by atoms with Crippen LogP contribution in [-0.4, -0.2) is 4.98 Å². The molecule has 0 unspecified atom stereocenters. The lowest BCUT2D eigenvalue weighted by Gasteiger charge is -2.04. The van der Waals surface area contributed by atoms with Crippen LogP contribution in [0.2, 0.25) is 0 Å². The van der Waals surface area contributed by atoms with Crippen LogP contribution in [0.25, 0.3) is 26.3 Å². The van der Waals surface area contributed by atoms with Gasteiger partial charge in [-0.15, -0.1) is 11.3 Å². The number of pyridine rings is 1. The van der Waals surface area contributed by atoms with Crippen LogP contribution in [0.15, 0.2) is 30.3 Å². The number of aromatic nitrogens is 1. The van der Waals surface area contributed by atoms with E-state index in [0.717, 1.165) is 10.9 Å².